The standard InChI is InChI=1S/C18H16N4O5/c1-8-12(15(24)26-2)18(16(25)22(8)7-11(19)23)10-6-4-3-5-9(10)13-14(18)21-17(20)27-13/h3-6H,7H2,1-2H3,(H2,19,23)(H2,20,21)/t18-/m0/s1. The van der Waals surface area contributed by atoms with Crippen molar-refractivity contribution in [1.82, 2.24) is 9.88 Å². The highest BCUT2D eigenvalue weighted by Crippen LogP contribution is 2.57. The van der Waals surface area contributed by atoms with Crippen LogP contribution in [-0.2, 0) is 24.5 Å². The van der Waals surface area contributed by atoms with Crippen molar-refractivity contribution in [1.29, 1.82) is 0 Å². The number of anilines is 1. The van der Waals surface area contributed by atoms with E-state index in [0.29, 0.717) is 16.9 Å². The minimum atomic E-state index is -1.60. The maximum atomic E-state index is 13.6. The van der Waals surface area contributed by atoms with Crippen LogP contribution in [0.2, 0.25) is 0 Å². The predicted molar refractivity (Wildman–Crippen MR) is 92.8 cm³/mol. The number of oxazole rings is 1. The van der Waals surface area contributed by atoms with Gasteiger partial charge in [-0.05, 0) is 12.5 Å². The number of rotatable bonds is 3. The molecule has 0 fully saturated rings. The van der Waals surface area contributed by atoms with Gasteiger partial charge >= 0.3 is 5.97 Å². The lowest BCUT2D eigenvalue weighted by Crippen LogP contribution is -2.44. The molecule has 0 unspecified atom stereocenters. The molecule has 138 valence electrons. The van der Waals surface area contributed by atoms with Crippen molar-refractivity contribution >= 4 is 23.8 Å². The molecule has 2 aromatic rings. The van der Waals surface area contributed by atoms with Gasteiger partial charge in [0.15, 0.2) is 11.2 Å². The van der Waals surface area contributed by atoms with Crippen molar-refractivity contribution in [2.45, 2.75) is 12.3 Å². The number of nitrogens with two attached hydrogens (primary N) is 2. The van der Waals surface area contributed by atoms with E-state index in [0.717, 1.165) is 0 Å². The van der Waals surface area contributed by atoms with Crippen LogP contribution in [0.5, 0.6) is 0 Å². The molecule has 4 rings (SSSR count). The topological polar surface area (TPSA) is 142 Å². The number of aromatic nitrogens is 1. The average molecular weight is 368 g/mol. The van der Waals surface area contributed by atoms with Crippen LogP contribution in [0.1, 0.15) is 18.2 Å². The van der Waals surface area contributed by atoms with Crippen LogP contribution in [0.25, 0.3) is 11.3 Å². The van der Waals surface area contributed by atoms with Crippen molar-refractivity contribution in [3.8, 4) is 11.3 Å². The molecule has 1 aromatic carbocycles. The Hall–Kier alpha value is -3.62. The molecule has 27 heavy (non-hydrogen) atoms. The Kier molecular flexibility index (Phi) is 3.39. The zero-order valence-electron chi connectivity index (χ0n) is 14.6. The molecule has 1 aliphatic carbocycles. The van der Waals surface area contributed by atoms with Gasteiger partial charge < -0.3 is 25.5 Å². The molecule has 1 aromatic heterocycles. The van der Waals surface area contributed by atoms with E-state index in [4.69, 9.17) is 20.6 Å². The van der Waals surface area contributed by atoms with Crippen molar-refractivity contribution in [2.24, 2.45) is 5.73 Å². The molecule has 0 saturated carbocycles. The summed E-state index contributed by atoms with van der Waals surface area (Å²) in [5, 5.41) is 0. The van der Waals surface area contributed by atoms with Crippen LogP contribution < -0.4 is 11.5 Å². The fourth-order valence-corrected chi connectivity index (χ4v) is 4.00. The molecule has 0 bridgehead atoms. The summed E-state index contributed by atoms with van der Waals surface area (Å²) in [6.07, 6.45) is 0. The number of carbonyl (C=O) groups is 3. The maximum Gasteiger partial charge on any atom is 0.337 e. The highest BCUT2D eigenvalue weighted by Gasteiger charge is 2.63. The maximum absolute atomic E-state index is 13.6. The number of fused-ring (bicyclic) bond motifs is 5. The lowest BCUT2D eigenvalue weighted by atomic mass is 9.74. The third kappa shape index (κ3) is 1.93. The average Bonchev–Trinajstić information content (AvgIpc) is 3.20. The Bertz CT molecular complexity index is 1050. The molecule has 1 spiro atoms. The minimum Gasteiger partial charge on any atom is -0.466 e. The monoisotopic (exact) mass is 368 g/mol. The fraction of sp³-hybridized carbons (Fsp3) is 0.222. The van der Waals surface area contributed by atoms with E-state index in [1.807, 2.05) is 0 Å². The van der Waals surface area contributed by atoms with Gasteiger partial charge in [-0.25, -0.2) is 4.79 Å². The van der Waals surface area contributed by atoms with E-state index in [1.54, 1.807) is 31.2 Å². The molecule has 4 N–H and O–H groups in total. The van der Waals surface area contributed by atoms with Gasteiger partial charge in [0, 0.05) is 11.3 Å². The Labute approximate surface area is 153 Å². The summed E-state index contributed by atoms with van der Waals surface area (Å²) in [5.41, 5.74) is 11.1. The summed E-state index contributed by atoms with van der Waals surface area (Å²) >= 11 is 0. The van der Waals surface area contributed by atoms with Crippen molar-refractivity contribution in [2.75, 3.05) is 19.4 Å². The fourth-order valence-electron chi connectivity index (χ4n) is 4.00. The quantitative estimate of drug-likeness (QED) is 0.742. The van der Waals surface area contributed by atoms with Crippen LogP contribution >= 0.6 is 0 Å². The number of nitrogen functional groups attached to an aromatic ring is 1. The number of nitrogens with zero attached hydrogens (tertiary/aromatic N) is 2. The third-order valence-corrected chi connectivity index (χ3v) is 4.99. The van der Waals surface area contributed by atoms with Crippen LogP contribution in [0.15, 0.2) is 40.0 Å². The van der Waals surface area contributed by atoms with Gasteiger partial charge in [-0.1, -0.05) is 24.3 Å². The van der Waals surface area contributed by atoms with E-state index in [1.165, 1.54) is 12.0 Å². The Morgan fingerprint density at radius 1 is 1.33 bits per heavy atom. The van der Waals surface area contributed by atoms with E-state index >= 15 is 0 Å². The van der Waals surface area contributed by atoms with Crippen molar-refractivity contribution in [3.05, 3.63) is 46.8 Å². The molecule has 0 radical (unpaired) electrons. The summed E-state index contributed by atoms with van der Waals surface area (Å²) in [6, 6.07) is 6.85. The molecule has 2 aliphatic rings. The summed E-state index contributed by atoms with van der Waals surface area (Å²) in [7, 11) is 1.22. The number of hydrogen-bond acceptors (Lipinski definition) is 7. The summed E-state index contributed by atoms with van der Waals surface area (Å²) in [6.45, 7) is 1.18. The van der Waals surface area contributed by atoms with Gasteiger partial charge in [-0.3, -0.25) is 9.59 Å². The van der Waals surface area contributed by atoms with Crippen LogP contribution in [-0.4, -0.2) is 41.3 Å². The normalized spacial score (nSPS) is 20.2. The first kappa shape index (κ1) is 16.8. The predicted octanol–water partition coefficient (Wildman–Crippen LogP) is 0.298. The highest BCUT2D eigenvalue weighted by molar-refractivity contribution is 6.14. The molecular weight excluding hydrogens is 352 g/mol. The summed E-state index contributed by atoms with van der Waals surface area (Å²) in [5.74, 6) is -1.64. The first-order valence-corrected chi connectivity index (χ1v) is 8.10. The second-order valence-corrected chi connectivity index (χ2v) is 6.34. The van der Waals surface area contributed by atoms with Gasteiger partial charge in [0.05, 0.1) is 12.7 Å². The van der Waals surface area contributed by atoms with Gasteiger partial charge in [0.2, 0.25) is 11.8 Å². The molecule has 2 heterocycles. The van der Waals surface area contributed by atoms with E-state index < -0.39 is 23.2 Å². The number of allylic oxidation sites excluding steroid dienone is 1. The number of esters is 1. The second kappa shape index (κ2) is 5.44. The molecule has 9 nitrogen and oxygen atoms in total. The van der Waals surface area contributed by atoms with Crippen LogP contribution in [0.4, 0.5) is 6.01 Å². The molecule has 2 amide bonds. The van der Waals surface area contributed by atoms with E-state index in [2.05, 4.69) is 4.98 Å². The number of carbonyl (C=O) groups excluding carboxylic acids is 3. The minimum absolute atomic E-state index is 0.0655. The Morgan fingerprint density at radius 2 is 2.04 bits per heavy atom. The van der Waals surface area contributed by atoms with Gasteiger partial charge in [-0.2, -0.15) is 4.98 Å². The number of methoxy groups -OCH3 is 1. The van der Waals surface area contributed by atoms with Crippen LogP contribution in [0, 0.1) is 0 Å². The first-order chi connectivity index (χ1) is 12.8. The van der Waals surface area contributed by atoms with Crippen LogP contribution in [0.3, 0.4) is 0 Å². The largest absolute Gasteiger partial charge is 0.466 e. The van der Waals surface area contributed by atoms with Gasteiger partial charge in [0.1, 0.15) is 12.2 Å². The number of benzene rings is 1. The molecular formula is C18H16N4O5. The first-order valence-electron chi connectivity index (χ1n) is 8.10. The van der Waals surface area contributed by atoms with E-state index in [9.17, 15) is 14.4 Å². The number of hydrogen-bond donors (Lipinski definition) is 2. The molecule has 9 heteroatoms. The SMILES string of the molecule is COC(=O)C1=C(C)N(CC(N)=O)C(=O)[C@@]12c1ccccc1-c1oc(N)nc12. The summed E-state index contributed by atoms with van der Waals surface area (Å²) in [4.78, 5) is 43.2. The molecule has 1 aliphatic heterocycles. The van der Waals surface area contributed by atoms with E-state index in [-0.39, 0.29) is 29.5 Å². The Morgan fingerprint density at radius 3 is 2.70 bits per heavy atom. The number of amides is 2. The number of primary amides is 1. The second-order valence-electron chi connectivity index (χ2n) is 6.34. The smallest absolute Gasteiger partial charge is 0.337 e. The lowest BCUT2D eigenvalue weighted by molar-refractivity contribution is -0.139. The lowest BCUT2D eigenvalue weighted by Gasteiger charge is -2.26. The third-order valence-electron chi connectivity index (χ3n) is 4.99. The number of ether oxygens (including phenoxy) is 1. The Balaban J connectivity index is 2.10. The molecule has 0 saturated heterocycles. The molecule has 1 atom stereocenters. The zero-order chi connectivity index (χ0) is 19.5. The van der Waals surface area contributed by atoms with Crippen molar-refractivity contribution < 1.29 is 23.5 Å². The van der Waals surface area contributed by atoms with Crippen molar-refractivity contribution in [3.63, 3.8) is 0 Å². The highest BCUT2D eigenvalue weighted by atomic mass is 16.5. The zero-order valence-corrected chi connectivity index (χ0v) is 14.6. The van der Waals surface area contributed by atoms with Gasteiger partial charge in [0.25, 0.3) is 6.01 Å². The van der Waals surface area contributed by atoms with Gasteiger partial charge in [-0.15, -0.1) is 0 Å². The summed E-state index contributed by atoms with van der Waals surface area (Å²) < 4.78 is 10.5.